The lowest BCUT2D eigenvalue weighted by Crippen LogP contribution is -2.24. The van der Waals surface area contributed by atoms with Crippen molar-refractivity contribution in [3.63, 3.8) is 0 Å². The summed E-state index contributed by atoms with van der Waals surface area (Å²) in [6, 6.07) is 10.6. The average molecular weight is 402 g/mol. The monoisotopic (exact) mass is 402 g/mol. The molecule has 0 radical (unpaired) electrons. The molecule has 8 heteroatoms. The number of halogens is 1. The van der Waals surface area contributed by atoms with Crippen molar-refractivity contribution in [2.45, 2.75) is 19.9 Å². The van der Waals surface area contributed by atoms with Crippen LogP contribution in [0.3, 0.4) is 0 Å². The predicted molar refractivity (Wildman–Crippen MR) is 104 cm³/mol. The molecule has 0 spiro atoms. The first-order chi connectivity index (χ1) is 13.3. The zero-order chi connectivity index (χ0) is 19.9. The molecule has 1 N–H and O–H groups in total. The first-order valence-electron chi connectivity index (χ1n) is 8.82. The van der Waals surface area contributed by atoms with Gasteiger partial charge in [0.25, 0.3) is 10.0 Å². The van der Waals surface area contributed by atoms with E-state index in [9.17, 15) is 12.8 Å². The Morgan fingerprint density at radius 1 is 1.07 bits per heavy atom. The lowest BCUT2D eigenvalue weighted by Gasteiger charge is -2.19. The summed E-state index contributed by atoms with van der Waals surface area (Å²) in [5, 5.41) is 0. The maximum absolute atomic E-state index is 13.2. The molecule has 2 aliphatic heterocycles. The van der Waals surface area contributed by atoms with Crippen LogP contribution in [0.25, 0.3) is 4.91 Å². The van der Waals surface area contributed by atoms with Gasteiger partial charge in [0.15, 0.2) is 11.5 Å². The van der Waals surface area contributed by atoms with Crippen LogP contribution in [0.4, 0.5) is 4.39 Å². The Labute approximate surface area is 162 Å². The zero-order valence-corrected chi connectivity index (χ0v) is 16.2. The molecule has 1 atom stereocenters. The van der Waals surface area contributed by atoms with Gasteiger partial charge in [-0.2, -0.15) is 0 Å². The van der Waals surface area contributed by atoms with E-state index in [0.717, 1.165) is 5.56 Å². The Kier molecular flexibility index (Phi) is 4.58. The van der Waals surface area contributed by atoms with Crippen LogP contribution in [0.15, 0.2) is 53.0 Å². The largest absolute Gasteiger partial charge is 0.486 e. The van der Waals surface area contributed by atoms with E-state index in [1.165, 1.54) is 24.3 Å². The molecule has 0 aliphatic carbocycles. The van der Waals surface area contributed by atoms with E-state index in [1.807, 2.05) is 25.1 Å². The van der Waals surface area contributed by atoms with E-state index in [1.54, 1.807) is 6.92 Å². The Morgan fingerprint density at radius 2 is 1.75 bits per heavy atom. The average Bonchev–Trinajstić information content (AvgIpc) is 2.90. The fourth-order valence-electron chi connectivity index (χ4n) is 3.25. The second-order valence-electron chi connectivity index (χ2n) is 6.62. The summed E-state index contributed by atoms with van der Waals surface area (Å²) >= 11 is 0. The number of rotatable bonds is 3. The van der Waals surface area contributed by atoms with Crippen LogP contribution in [-0.4, -0.2) is 27.5 Å². The molecule has 0 aromatic heterocycles. The lowest BCUT2D eigenvalue weighted by atomic mass is 10.1. The molecule has 0 fully saturated rings. The number of fused-ring (bicyclic) bond motifs is 1. The molecule has 2 aromatic carbocycles. The minimum Gasteiger partial charge on any atom is -0.486 e. The summed E-state index contributed by atoms with van der Waals surface area (Å²) in [6.45, 7) is 4.56. The second-order valence-corrected chi connectivity index (χ2v) is 8.24. The minimum atomic E-state index is -3.76. The van der Waals surface area contributed by atoms with Gasteiger partial charge in [-0.05, 0) is 49.2 Å². The van der Waals surface area contributed by atoms with Crippen molar-refractivity contribution in [3.8, 4) is 11.5 Å². The molecule has 0 amide bonds. The highest BCUT2D eigenvalue weighted by molar-refractivity contribution is 8.00. The molecule has 0 saturated carbocycles. The third-order valence-corrected chi connectivity index (χ3v) is 6.21. The second kappa shape index (κ2) is 6.94. The summed E-state index contributed by atoms with van der Waals surface area (Å²) in [5.74, 6) is 1.20. The van der Waals surface area contributed by atoms with E-state index in [-0.39, 0.29) is 16.8 Å². The smallest absolute Gasteiger partial charge is 0.264 e. The summed E-state index contributed by atoms with van der Waals surface area (Å²) in [4.78, 5) is 4.67. The molecular weight excluding hydrogens is 383 g/mol. The molecule has 28 heavy (non-hydrogen) atoms. The van der Waals surface area contributed by atoms with Gasteiger partial charge in [-0.3, -0.25) is 9.71 Å². The summed E-state index contributed by atoms with van der Waals surface area (Å²) in [5.41, 5.74) is 1.79. The van der Waals surface area contributed by atoms with E-state index < -0.39 is 15.8 Å². The number of nitrogens with zero attached hydrogens (tertiary/aromatic N) is 1. The van der Waals surface area contributed by atoms with Gasteiger partial charge >= 0.3 is 0 Å². The van der Waals surface area contributed by atoms with Crippen molar-refractivity contribution in [3.05, 3.63) is 65.0 Å². The van der Waals surface area contributed by atoms with Gasteiger partial charge in [0, 0.05) is 5.57 Å². The molecule has 2 aliphatic rings. The van der Waals surface area contributed by atoms with Crippen molar-refractivity contribution < 1.29 is 22.3 Å². The highest BCUT2D eigenvalue weighted by Crippen LogP contribution is 2.35. The van der Waals surface area contributed by atoms with Gasteiger partial charge in [-0.1, -0.05) is 18.2 Å². The van der Waals surface area contributed by atoms with Crippen molar-refractivity contribution in [2.24, 2.45) is 4.99 Å². The Morgan fingerprint density at radius 3 is 2.46 bits per heavy atom. The first-order valence-corrected chi connectivity index (χ1v) is 10.3. The van der Waals surface area contributed by atoms with E-state index in [4.69, 9.17) is 9.47 Å². The number of aliphatic imine (C=N–C) groups is 1. The molecule has 146 valence electrons. The summed E-state index contributed by atoms with van der Waals surface area (Å²) in [6.07, 6.45) is 0. The predicted octanol–water partition coefficient (Wildman–Crippen LogP) is 3.42. The highest BCUT2D eigenvalue weighted by atomic mass is 32.2. The van der Waals surface area contributed by atoms with Crippen LogP contribution >= 0.6 is 0 Å². The van der Waals surface area contributed by atoms with Gasteiger partial charge in [-0.25, -0.2) is 12.8 Å². The standard InChI is InChI=1S/C20H19FN2O4S/c1-12-19(14-3-6-16(21)7-4-14)28(24,25)23-20(12)22-13(2)15-5-8-17-18(11-15)27-10-9-26-17/h3-8,11,13H,9-10H2,1-2H3,(H,22,23)/t13-/m0/s1. The maximum Gasteiger partial charge on any atom is 0.264 e. The topological polar surface area (TPSA) is 77.0 Å². The molecular formula is C20H19FN2O4S. The Balaban J connectivity index is 1.69. The van der Waals surface area contributed by atoms with E-state index in [0.29, 0.717) is 35.8 Å². The van der Waals surface area contributed by atoms with Gasteiger partial charge in [-0.15, -0.1) is 0 Å². The Bertz CT molecular complexity index is 1090. The number of ether oxygens (including phenoxy) is 2. The van der Waals surface area contributed by atoms with Crippen LogP contribution < -0.4 is 14.2 Å². The molecule has 4 rings (SSSR count). The van der Waals surface area contributed by atoms with Crippen molar-refractivity contribution >= 4 is 20.8 Å². The SMILES string of the molecule is CC1=C(c2ccc(F)cc2)S(=O)(=O)NC1=N[C@@H](C)c1ccc2c(c1)OCCO2. The van der Waals surface area contributed by atoms with Crippen molar-refractivity contribution in [1.29, 1.82) is 0 Å². The van der Waals surface area contributed by atoms with Crippen LogP contribution in [-0.2, 0) is 10.0 Å². The van der Waals surface area contributed by atoms with Crippen molar-refractivity contribution in [2.75, 3.05) is 13.2 Å². The van der Waals surface area contributed by atoms with E-state index >= 15 is 0 Å². The fraction of sp³-hybridized carbons (Fsp3) is 0.250. The van der Waals surface area contributed by atoms with Crippen LogP contribution in [0.5, 0.6) is 11.5 Å². The number of hydrogen-bond donors (Lipinski definition) is 1. The van der Waals surface area contributed by atoms with Gasteiger partial charge in [0.2, 0.25) is 0 Å². The molecule has 2 aromatic rings. The lowest BCUT2D eigenvalue weighted by molar-refractivity contribution is 0.171. The highest BCUT2D eigenvalue weighted by Gasteiger charge is 2.33. The van der Waals surface area contributed by atoms with Crippen LogP contribution in [0.1, 0.15) is 31.0 Å². The third kappa shape index (κ3) is 3.35. The molecule has 0 unspecified atom stereocenters. The zero-order valence-electron chi connectivity index (χ0n) is 15.4. The third-order valence-electron chi connectivity index (χ3n) is 4.67. The van der Waals surface area contributed by atoms with Crippen LogP contribution in [0.2, 0.25) is 0 Å². The minimum absolute atomic E-state index is 0.112. The summed E-state index contributed by atoms with van der Waals surface area (Å²) < 4.78 is 52.0. The Hall–Kier alpha value is -2.87. The summed E-state index contributed by atoms with van der Waals surface area (Å²) in [7, 11) is -3.76. The molecule has 0 bridgehead atoms. The van der Waals surface area contributed by atoms with Gasteiger partial charge in [0.05, 0.1) is 6.04 Å². The van der Waals surface area contributed by atoms with Gasteiger partial charge in [0.1, 0.15) is 29.8 Å². The molecule has 2 heterocycles. The van der Waals surface area contributed by atoms with E-state index in [2.05, 4.69) is 9.71 Å². The normalized spacial score (nSPS) is 20.2. The number of amidine groups is 1. The quantitative estimate of drug-likeness (QED) is 0.854. The number of nitrogens with one attached hydrogen (secondary N) is 1. The first kappa shape index (κ1) is 18.5. The number of sulfonamides is 1. The molecule has 6 nitrogen and oxygen atoms in total. The molecule has 0 saturated heterocycles. The van der Waals surface area contributed by atoms with Crippen molar-refractivity contribution in [1.82, 2.24) is 4.72 Å². The number of hydrogen-bond acceptors (Lipinski definition) is 5. The maximum atomic E-state index is 13.2. The number of benzene rings is 2. The van der Waals surface area contributed by atoms with Crippen LogP contribution in [0, 0.1) is 5.82 Å². The van der Waals surface area contributed by atoms with Gasteiger partial charge < -0.3 is 9.47 Å². The fourth-order valence-corrected chi connectivity index (χ4v) is 4.76.